The minimum atomic E-state index is -0.458. The molecule has 0 bridgehead atoms. The topological polar surface area (TPSA) is 78.3 Å². The molecule has 9 heteroatoms. The van der Waals surface area contributed by atoms with Crippen molar-refractivity contribution in [1.82, 2.24) is 14.8 Å². The van der Waals surface area contributed by atoms with Crippen LogP contribution >= 0.6 is 23.4 Å². The average Bonchev–Trinajstić information content (AvgIpc) is 3.23. The molecule has 0 aliphatic carbocycles. The number of anilines is 1. The molecule has 0 saturated heterocycles. The first-order chi connectivity index (χ1) is 16.5. The van der Waals surface area contributed by atoms with Gasteiger partial charge in [-0.05, 0) is 55.7 Å². The van der Waals surface area contributed by atoms with Gasteiger partial charge < -0.3 is 14.8 Å². The number of carbonyl (C=O) groups excluding carboxylic acids is 1. The van der Waals surface area contributed by atoms with E-state index in [4.69, 9.17) is 26.2 Å². The molecule has 0 saturated carbocycles. The number of halogens is 1. The summed E-state index contributed by atoms with van der Waals surface area (Å²) in [5.41, 5.74) is 3.09. The van der Waals surface area contributed by atoms with Gasteiger partial charge >= 0.3 is 5.97 Å². The van der Waals surface area contributed by atoms with Gasteiger partial charge in [-0.2, -0.15) is 4.98 Å². The lowest BCUT2D eigenvalue weighted by atomic mass is 9.96. The van der Waals surface area contributed by atoms with Gasteiger partial charge in [0, 0.05) is 16.5 Å². The maximum Gasteiger partial charge on any atom is 0.338 e. The highest BCUT2D eigenvalue weighted by Crippen LogP contribution is 2.37. The normalized spacial score (nSPS) is 15.0. The van der Waals surface area contributed by atoms with E-state index < -0.39 is 6.04 Å². The Labute approximate surface area is 208 Å². The molecular formula is C25H27ClN4O3S. The van der Waals surface area contributed by atoms with Crippen molar-refractivity contribution in [3.05, 3.63) is 76.0 Å². The monoisotopic (exact) mass is 498 g/mol. The van der Waals surface area contributed by atoms with Crippen LogP contribution in [0.5, 0.6) is 5.75 Å². The molecule has 0 amide bonds. The molecule has 1 aliphatic rings. The molecule has 2 heterocycles. The molecular weight excluding hydrogens is 472 g/mol. The number of nitrogens with one attached hydrogen (secondary N) is 1. The van der Waals surface area contributed by atoms with E-state index in [0.717, 1.165) is 23.3 Å². The number of carbonyl (C=O) groups is 1. The summed E-state index contributed by atoms with van der Waals surface area (Å²) >= 11 is 7.65. The van der Waals surface area contributed by atoms with Crippen molar-refractivity contribution in [3.8, 4) is 5.75 Å². The molecule has 0 radical (unpaired) electrons. The molecule has 3 aromatic rings. The summed E-state index contributed by atoms with van der Waals surface area (Å²) in [5, 5.41) is 9.27. The average molecular weight is 499 g/mol. The lowest BCUT2D eigenvalue weighted by Crippen LogP contribution is -2.29. The second kappa shape index (κ2) is 11.0. The third-order valence-electron chi connectivity index (χ3n) is 5.25. The number of allylic oxidation sites excluding steroid dienone is 1. The highest BCUT2D eigenvalue weighted by Gasteiger charge is 2.35. The predicted molar refractivity (Wildman–Crippen MR) is 134 cm³/mol. The van der Waals surface area contributed by atoms with Gasteiger partial charge in [-0.15, -0.1) is 5.10 Å². The van der Waals surface area contributed by atoms with Crippen LogP contribution in [0.1, 0.15) is 44.4 Å². The van der Waals surface area contributed by atoms with Gasteiger partial charge in [0.2, 0.25) is 11.1 Å². The van der Waals surface area contributed by atoms with Crippen LogP contribution in [0.4, 0.5) is 5.95 Å². The van der Waals surface area contributed by atoms with Crippen LogP contribution in [-0.2, 0) is 16.1 Å². The Kier molecular flexibility index (Phi) is 7.80. The zero-order valence-corrected chi connectivity index (χ0v) is 20.9. The molecule has 0 fully saturated rings. The van der Waals surface area contributed by atoms with Gasteiger partial charge in [-0.1, -0.05) is 54.6 Å². The first-order valence-corrected chi connectivity index (χ1v) is 12.6. The van der Waals surface area contributed by atoms with E-state index >= 15 is 0 Å². The Morgan fingerprint density at radius 3 is 2.71 bits per heavy atom. The van der Waals surface area contributed by atoms with Crippen molar-refractivity contribution in [1.29, 1.82) is 0 Å². The summed E-state index contributed by atoms with van der Waals surface area (Å²) in [6.07, 6.45) is 1.02. The molecule has 1 N–H and O–H groups in total. The van der Waals surface area contributed by atoms with Crippen LogP contribution in [0.3, 0.4) is 0 Å². The molecule has 1 unspecified atom stereocenters. The van der Waals surface area contributed by atoms with Crippen molar-refractivity contribution >= 4 is 35.3 Å². The lowest BCUT2D eigenvalue weighted by molar-refractivity contribution is -0.139. The van der Waals surface area contributed by atoms with Crippen molar-refractivity contribution in [3.63, 3.8) is 0 Å². The first-order valence-electron chi connectivity index (χ1n) is 11.2. The minimum absolute atomic E-state index is 0.292. The molecule has 1 aromatic heterocycles. The second-order valence-corrected chi connectivity index (χ2v) is 9.28. The fraction of sp³-hybridized carbons (Fsp3) is 0.320. The van der Waals surface area contributed by atoms with E-state index in [-0.39, 0.29) is 5.97 Å². The highest BCUT2D eigenvalue weighted by atomic mass is 35.5. The Morgan fingerprint density at radius 1 is 1.21 bits per heavy atom. The molecule has 4 rings (SSSR count). The SMILES string of the molecule is CCCSc1nc2n(n1)C(c1ccc(OCc3cccc(Cl)c3)cc1)C(C(=O)OCC)=C(C)N2. The largest absolute Gasteiger partial charge is 0.489 e. The lowest BCUT2D eigenvalue weighted by Gasteiger charge is -2.28. The number of hydrogen-bond donors (Lipinski definition) is 1. The number of hydrogen-bond acceptors (Lipinski definition) is 7. The van der Waals surface area contributed by atoms with E-state index in [0.29, 0.717) is 46.4 Å². The third-order valence-corrected chi connectivity index (χ3v) is 6.53. The van der Waals surface area contributed by atoms with Gasteiger partial charge in [-0.25, -0.2) is 9.48 Å². The number of fused-ring (bicyclic) bond motifs is 1. The molecule has 178 valence electrons. The number of esters is 1. The van der Waals surface area contributed by atoms with Gasteiger partial charge in [0.25, 0.3) is 0 Å². The van der Waals surface area contributed by atoms with Gasteiger partial charge in [-0.3, -0.25) is 0 Å². The number of benzene rings is 2. The predicted octanol–water partition coefficient (Wildman–Crippen LogP) is 5.86. The van der Waals surface area contributed by atoms with Crippen molar-refractivity contribution < 1.29 is 14.3 Å². The van der Waals surface area contributed by atoms with Crippen LogP contribution in [0, 0.1) is 0 Å². The molecule has 1 atom stereocenters. The van der Waals surface area contributed by atoms with E-state index in [1.807, 2.05) is 55.5 Å². The van der Waals surface area contributed by atoms with Gasteiger partial charge in [0.1, 0.15) is 18.4 Å². The molecule has 0 spiro atoms. The fourth-order valence-electron chi connectivity index (χ4n) is 3.71. The van der Waals surface area contributed by atoms with Crippen LogP contribution in [-0.4, -0.2) is 33.1 Å². The molecule has 7 nitrogen and oxygen atoms in total. The maximum absolute atomic E-state index is 12.9. The summed E-state index contributed by atoms with van der Waals surface area (Å²) in [6, 6.07) is 14.8. The van der Waals surface area contributed by atoms with Crippen molar-refractivity contribution in [2.75, 3.05) is 17.7 Å². The quantitative estimate of drug-likeness (QED) is 0.292. The zero-order chi connectivity index (χ0) is 24.1. The van der Waals surface area contributed by atoms with Crippen LogP contribution in [0.25, 0.3) is 0 Å². The van der Waals surface area contributed by atoms with Crippen LogP contribution < -0.4 is 10.1 Å². The smallest absolute Gasteiger partial charge is 0.338 e. The summed E-state index contributed by atoms with van der Waals surface area (Å²) in [4.78, 5) is 17.5. The van der Waals surface area contributed by atoms with E-state index in [9.17, 15) is 4.79 Å². The fourth-order valence-corrected chi connectivity index (χ4v) is 4.60. The second-order valence-electron chi connectivity index (χ2n) is 7.79. The summed E-state index contributed by atoms with van der Waals surface area (Å²) in [6.45, 7) is 6.47. The number of aromatic nitrogens is 3. The minimum Gasteiger partial charge on any atom is -0.489 e. The number of thioether (sulfide) groups is 1. The van der Waals surface area contributed by atoms with Gasteiger partial charge in [0.15, 0.2) is 0 Å². The number of rotatable bonds is 9. The Hall–Kier alpha value is -2.97. The number of nitrogens with zero attached hydrogens (tertiary/aromatic N) is 3. The summed E-state index contributed by atoms with van der Waals surface area (Å²) in [7, 11) is 0. The Bertz CT molecular complexity index is 1190. The summed E-state index contributed by atoms with van der Waals surface area (Å²) in [5.74, 6) is 1.87. The number of ether oxygens (including phenoxy) is 2. The Balaban J connectivity index is 1.62. The van der Waals surface area contributed by atoms with Gasteiger partial charge in [0.05, 0.1) is 12.2 Å². The third kappa shape index (κ3) is 5.39. The first kappa shape index (κ1) is 24.2. The summed E-state index contributed by atoms with van der Waals surface area (Å²) < 4.78 is 13.1. The molecule has 1 aliphatic heterocycles. The van der Waals surface area contributed by atoms with Crippen LogP contribution in [0.2, 0.25) is 5.02 Å². The van der Waals surface area contributed by atoms with E-state index in [1.165, 1.54) is 0 Å². The highest BCUT2D eigenvalue weighted by molar-refractivity contribution is 7.99. The molecule has 2 aromatic carbocycles. The van der Waals surface area contributed by atoms with Crippen LogP contribution in [0.15, 0.2) is 65.0 Å². The van der Waals surface area contributed by atoms with Crippen molar-refractivity contribution in [2.45, 2.75) is 45.0 Å². The Morgan fingerprint density at radius 2 is 2.00 bits per heavy atom. The standard InChI is InChI=1S/C25H27ClN4O3S/c1-4-13-34-25-28-24-27-16(3)21(23(31)32-5-2)22(30(24)29-25)18-9-11-20(12-10-18)33-15-17-7-6-8-19(26)14-17/h6-12,14,22H,4-5,13,15H2,1-3H3,(H,27,28,29). The molecule has 34 heavy (non-hydrogen) atoms. The van der Waals surface area contributed by atoms with E-state index in [1.54, 1.807) is 23.4 Å². The zero-order valence-electron chi connectivity index (χ0n) is 19.4. The maximum atomic E-state index is 12.9. The van der Waals surface area contributed by atoms with E-state index in [2.05, 4.69) is 17.2 Å². The van der Waals surface area contributed by atoms with Crippen molar-refractivity contribution in [2.24, 2.45) is 0 Å².